The molecule has 1 saturated heterocycles. The maximum atomic E-state index is 10.0. The molecule has 4 heteroatoms. The summed E-state index contributed by atoms with van der Waals surface area (Å²) in [5.74, 6) is 1.77. The van der Waals surface area contributed by atoms with Gasteiger partial charge in [-0.25, -0.2) is 0 Å². The van der Waals surface area contributed by atoms with E-state index in [2.05, 4.69) is 0 Å². The van der Waals surface area contributed by atoms with Gasteiger partial charge in [-0.15, -0.1) is 0 Å². The van der Waals surface area contributed by atoms with Gasteiger partial charge in [0, 0.05) is 0 Å². The summed E-state index contributed by atoms with van der Waals surface area (Å²) in [5, 5.41) is 10.0. The average Bonchev–Trinajstić information content (AvgIpc) is 2.56. The normalized spacial score (nSPS) is 22.9. The van der Waals surface area contributed by atoms with E-state index in [0.717, 1.165) is 5.56 Å². The van der Waals surface area contributed by atoms with Crippen LogP contribution in [0.4, 0.5) is 0 Å². The Morgan fingerprint density at radius 3 is 2.11 bits per heavy atom. The molecule has 0 bridgehead atoms. The molecule has 1 unspecified atom stereocenters. The summed E-state index contributed by atoms with van der Waals surface area (Å²) in [7, 11) is -0.414. The van der Waals surface area contributed by atoms with Gasteiger partial charge in [0.15, 0.2) is 0 Å². The number of aliphatic hydroxyl groups excluding tert-OH is 1. The van der Waals surface area contributed by atoms with E-state index in [1.165, 1.54) is 0 Å². The third-order valence-corrected chi connectivity index (χ3v) is 3.86. The van der Waals surface area contributed by atoms with E-state index in [0.29, 0.717) is 0 Å². The summed E-state index contributed by atoms with van der Waals surface area (Å²) in [6.07, 6.45) is 1.07. The Bertz CT molecular complexity index is 438. The van der Waals surface area contributed by atoms with Crippen LogP contribution in [0.5, 0.6) is 0 Å². The fourth-order valence-electron chi connectivity index (χ4n) is 1.92. The molecule has 102 valence electrons. The lowest BCUT2D eigenvalue weighted by molar-refractivity contribution is 0.00578. The highest BCUT2D eigenvalue weighted by atomic mass is 16.7. The zero-order valence-electron chi connectivity index (χ0n) is 12.0. The SMILES string of the molecule is CC1(C)OB(/C=C/C(O)c2ccccc2)OC1(C)C. The number of aliphatic hydroxyl groups is 1. The smallest absolute Gasteiger partial charge is 0.400 e. The first kappa shape index (κ1) is 14.3. The van der Waals surface area contributed by atoms with Crippen molar-refractivity contribution in [1.29, 1.82) is 0 Å². The summed E-state index contributed by atoms with van der Waals surface area (Å²) < 4.78 is 11.7. The molecular formula is C15H21BO3. The minimum Gasteiger partial charge on any atom is -0.400 e. The van der Waals surface area contributed by atoms with Crippen LogP contribution in [0.15, 0.2) is 42.4 Å². The molecule has 1 aliphatic heterocycles. The van der Waals surface area contributed by atoms with Crippen molar-refractivity contribution < 1.29 is 14.4 Å². The van der Waals surface area contributed by atoms with Crippen LogP contribution in [-0.4, -0.2) is 23.4 Å². The van der Waals surface area contributed by atoms with Gasteiger partial charge in [0.25, 0.3) is 0 Å². The molecule has 0 aromatic heterocycles. The molecule has 0 saturated carbocycles. The minimum atomic E-state index is -0.639. The van der Waals surface area contributed by atoms with Gasteiger partial charge in [0.1, 0.15) is 0 Å². The predicted molar refractivity (Wildman–Crippen MR) is 76.6 cm³/mol. The molecule has 0 aliphatic carbocycles. The molecule has 3 nitrogen and oxygen atoms in total. The molecular weight excluding hydrogens is 239 g/mol. The van der Waals surface area contributed by atoms with Gasteiger partial charge in [-0.2, -0.15) is 0 Å². The topological polar surface area (TPSA) is 38.7 Å². The first-order chi connectivity index (χ1) is 8.82. The molecule has 1 atom stereocenters. The van der Waals surface area contributed by atoms with E-state index < -0.39 is 13.2 Å². The van der Waals surface area contributed by atoms with Crippen LogP contribution in [0, 0.1) is 0 Å². The molecule has 0 amide bonds. The van der Waals surface area contributed by atoms with Crippen molar-refractivity contribution in [2.45, 2.75) is 45.0 Å². The Hall–Kier alpha value is -1.10. The van der Waals surface area contributed by atoms with Gasteiger partial charge in [-0.1, -0.05) is 42.4 Å². The first-order valence-corrected chi connectivity index (χ1v) is 6.59. The Labute approximate surface area is 115 Å². The second-order valence-electron chi connectivity index (χ2n) is 5.87. The highest BCUT2D eigenvalue weighted by Gasteiger charge is 2.50. The quantitative estimate of drug-likeness (QED) is 0.849. The lowest BCUT2D eigenvalue weighted by atomic mass is 9.89. The highest BCUT2D eigenvalue weighted by molar-refractivity contribution is 6.51. The third kappa shape index (κ3) is 3.08. The van der Waals surface area contributed by atoms with Gasteiger partial charge in [0.05, 0.1) is 17.3 Å². The summed E-state index contributed by atoms with van der Waals surface area (Å²) in [5.41, 5.74) is 0.162. The molecule has 1 aromatic rings. The van der Waals surface area contributed by atoms with Crippen molar-refractivity contribution in [3.63, 3.8) is 0 Å². The average molecular weight is 260 g/mol. The van der Waals surface area contributed by atoms with Crippen molar-refractivity contribution in [2.75, 3.05) is 0 Å². The Morgan fingerprint density at radius 2 is 1.58 bits per heavy atom. The monoisotopic (exact) mass is 260 g/mol. The molecule has 0 radical (unpaired) electrons. The molecule has 19 heavy (non-hydrogen) atoms. The van der Waals surface area contributed by atoms with Gasteiger partial charge < -0.3 is 14.4 Å². The van der Waals surface area contributed by atoms with Crippen LogP contribution in [0.1, 0.15) is 39.4 Å². The van der Waals surface area contributed by atoms with Crippen molar-refractivity contribution in [3.05, 3.63) is 47.9 Å². The summed E-state index contributed by atoms with van der Waals surface area (Å²) >= 11 is 0. The second kappa shape index (κ2) is 5.12. The van der Waals surface area contributed by atoms with Crippen LogP contribution in [0.2, 0.25) is 0 Å². The summed E-state index contributed by atoms with van der Waals surface area (Å²) in [6, 6.07) is 9.51. The number of hydrogen-bond donors (Lipinski definition) is 1. The van der Waals surface area contributed by atoms with Crippen LogP contribution in [0.25, 0.3) is 0 Å². The first-order valence-electron chi connectivity index (χ1n) is 6.59. The van der Waals surface area contributed by atoms with E-state index in [-0.39, 0.29) is 11.2 Å². The van der Waals surface area contributed by atoms with E-state index >= 15 is 0 Å². The lowest BCUT2D eigenvalue weighted by Gasteiger charge is -2.32. The van der Waals surface area contributed by atoms with Gasteiger partial charge in [-0.3, -0.25) is 0 Å². The fourth-order valence-corrected chi connectivity index (χ4v) is 1.92. The zero-order valence-corrected chi connectivity index (χ0v) is 12.0. The van der Waals surface area contributed by atoms with Crippen LogP contribution >= 0.6 is 0 Å². The largest absolute Gasteiger partial charge is 0.486 e. The lowest BCUT2D eigenvalue weighted by Crippen LogP contribution is -2.41. The third-order valence-electron chi connectivity index (χ3n) is 3.86. The van der Waals surface area contributed by atoms with Gasteiger partial charge >= 0.3 is 7.12 Å². The maximum absolute atomic E-state index is 10.0. The van der Waals surface area contributed by atoms with Crippen LogP contribution in [-0.2, 0) is 9.31 Å². The Balaban J connectivity index is 2.01. The van der Waals surface area contributed by atoms with Crippen molar-refractivity contribution in [1.82, 2.24) is 0 Å². The van der Waals surface area contributed by atoms with Crippen molar-refractivity contribution >= 4 is 7.12 Å². The van der Waals surface area contributed by atoms with Gasteiger partial charge in [0.2, 0.25) is 0 Å². The predicted octanol–water partition coefficient (Wildman–Crippen LogP) is 2.91. The number of benzene rings is 1. The molecule has 0 spiro atoms. The summed E-state index contributed by atoms with van der Waals surface area (Å²) in [6.45, 7) is 8.03. The summed E-state index contributed by atoms with van der Waals surface area (Å²) in [4.78, 5) is 0. The second-order valence-corrected chi connectivity index (χ2v) is 5.87. The number of rotatable bonds is 3. The van der Waals surface area contributed by atoms with Crippen LogP contribution < -0.4 is 0 Å². The number of hydrogen-bond acceptors (Lipinski definition) is 3. The van der Waals surface area contributed by atoms with Crippen molar-refractivity contribution in [2.24, 2.45) is 0 Å². The molecule has 1 aromatic carbocycles. The zero-order chi connectivity index (χ0) is 14.1. The van der Waals surface area contributed by atoms with Crippen LogP contribution in [0.3, 0.4) is 0 Å². The van der Waals surface area contributed by atoms with E-state index in [1.54, 1.807) is 12.1 Å². The van der Waals surface area contributed by atoms with E-state index in [1.807, 2.05) is 58.0 Å². The molecule has 1 fully saturated rings. The molecule has 1 aliphatic rings. The Kier molecular flexibility index (Phi) is 3.86. The molecule has 1 heterocycles. The van der Waals surface area contributed by atoms with E-state index in [9.17, 15) is 5.11 Å². The highest BCUT2D eigenvalue weighted by Crippen LogP contribution is 2.37. The molecule has 1 N–H and O–H groups in total. The Morgan fingerprint density at radius 1 is 1.05 bits per heavy atom. The molecule has 2 rings (SSSR count). The minimum absolute atomic E-state index is 0.348. The standard InChI is InChI=1S/C15H21BO3/c1-14(2)15(3,4)19-16(18-14)11-10-13(17)12-8-6-5-7-9-12/h5-11,13,17H,1-4H3/b11-10+. The maximum Gasteiger partial charge on any atom is 0.486 e. The van der Waals surface area contributed by atoms with Gasteiger partial charge in [-0.05, 0) is 33.3 Å². The van der Waals surface area contributed by atoms with E-state index in [4.69, 9.17) is 9.31 Å². The fraction of sp³-hybridized carbons (Fsp3) is 0.467. The van der Waals surface area contributed by atoms with Crippen molar-refractivity contribution in [3.8, 4) is 0 Å².